The standard InChI is InChI=1S/C14H9Br3N2O2S/c15-8-3-1-2-7(4-8)13(21)19-14(22)18-9-5-10(16)12(20)11(17)6-9/h1-6,20H,(H2,18,19,21,22). The molecule has 0 aromatic heterocycles. The summed E-state index contributed by atoms with van der Waals surface area (Å²) in [6.07, 6.45) is 0. The van der Waals surface area contributed by atoms with Crippen LogP contribution in [0.25, 0.3) is 0 Å². The maximum Gasteiger partial charge on any atom is 0.257 e. The van der Waals surface area contributed by atoms with Gasteiger partial charge in [-0.1, -0.05) is 22.0 Å². The Kier molecular flexibility index (Phi) is 5.96. The van der Waals surface area contributed by atoms with Crippen molar-refractivity contribution in [1.82, 2.24) is 5.32 Å². The number of carbonyl (C=O) groups excluding carboxylic acids is 1. The van der Waals surface area contributed by atoms with Gasteiger partial charge in [-0.15, -0.1) is 0 Å². The highest BCUT2D eigenvalue weighted by atomic mass is 79.9. The highest BCUT2D eigenvalue weighted by Gasteiger charge is 2.10. The van der Waals surface area contributed by atoms with Gasteiger partial charge >= 0.3 is 0 Å². The third-order valence-corrected chi connectivity index (χ3v) is 4.49. The molecule has 0 aliphatic heterocycles. The van der Waals surface area contributed by atoms with Crippen LogP contribution in [0.1, 0.15) is 10.4 Å². The predicted molar refractivity (Wildman–Crippen MR) is 101 cm³/mol. The quantitative estimate of drug-likeness (QED) is 0.402. The van der Waals surface area contributed by atoms with Crippen molar-refractivity contribution in [1.29, 1.82) is 0 Å². The topological polar surface area (TPSA) is 61.4 Å². The molecule has 0 atom stereocenters. The molecule has 0 aliphatic rings. The minimum atomic E-state index is -0.310. The zero-order chi connectivity index (χ0) is 16.3. The number of benzene rings is 2. The van der Waals surface area contributed by atoms with Crippen molar-refractivity contribution in [3.05, 3.63) is 55.4 Å². The van der Waals surface area contributed by atoms with Gasteiger partial charge in [-0.3, -0.25) is 10.1 Å². The lowest BCUT2D eigenvalue weighted by atomic mass is 10.2. The van der Waals surface area contributed by atoms with Gasteiger partial charge in [-0.05, 0) is 74.4 Å². The first-order valence-electron chi connectivity index (χ1n) is 5.92. The Hall–Kier alpha value is -0.960. The molecule has 0 saturated heterocycles. The number of phenolic OH excluding ortho intramolecular Hbond substituents is 1. The van der Waals surface area contributed by atoms with Crippen LogP contribution >= 0.6 is 60.0 Å². The fourth-order valence-electron chi connectivity index (χ4n) is 1.61. The maximum absolute atomic E-state index is 12.1. The van der Waals surface area contributed by atoms with Gasteiger partial charge in [0.2, 0.25) is 0 Å². The van der Waals surface area contributed by atoms with Gasteiger partial charge < -0.3 is 10.4 Å². The molecule has 0 unspecified atom stereocenters. The number of hydrogen-bond donors (Lipinski definition) is 3. The van der Waals surface area contributed by atoms with Gasteiger partial charge in [-0.25, -0.2) is 0 Å². The van der Waals surface area contributed by atoms with Crippen molar-refractivity contribution in [2.24, 2.45) is 0 Å². The average Bonchev–Trinajstić information content (AvgIpc) is 2.44. The largest absolute Gasteiger partial charge is 0.506 e. The summed E-state index contributed by atoms with van der Waals surface area (Å²) in [6, 6.07) is 10.3. The van der Waals surface area contributed by atoms with Crippen molar-refractivity contribution in [3.8, 4) is 5.75 Å². The number of hydrogen-bond acceptors (Lipinski definition) is 3. The van der Waals surface area contributed by atoms with Crippen molar-refractivity contribution in [2.75, 3.05) is 5.32 Å². The zero-order valence-corrected chi connectivity index (χ0v) is 16.4. The molecule has 2 rings (SSSR count). The fraction of sp³-hybridized carbons (Fsp3) is 0. The summed E-state index contributed by atoms with van der Waals surface area (Å²) in [7, 11) is 0. The molecule has 4 nitrogen and oxygen atoms in total. The minimum Gasteiger partial charge on any atom is -0.506 e. The number of thiocarbonyl (C=S) groups is 1. The first kappa shape index (κ1) is 17.4. The third-order valence-electron chi connectivity index (χ3n) is 2.59. The molecule has 2 aromatic rings. The molecule has 1 amide bonds. The second kappa shape index (κ2) is 7.54. The van der Waals surface area contributed by atoms with Gasteiger partial charge in [-0.2, -0.15) is 0 Å². The molecule has 0 bridgehead atoms. The Morgan fingerprint density at radius 2 is 1.73 bits per heavy atom. The van der Waals surface area contributed by atoms with Crippen molar-refractivity contribution < 1.29 is 9.90 Å². The van der Waals surface area contributed by atoms with Crippen LogP contribution in [-0.2, 0) is 0 Å². The number of amides is 1. The molecule has 2 aromatic carbocycles. The van der Waals surface area contributed by atoms with Crippen LogP contribution in [0.4, 0.5) is 5.69 Å². The second-order valence-corrected chi connectivity index (χ2v) is 7.24. The first-order valence-corrected chi connectivity index (χ1v) is 8.71. The Morgan fingerprint density at radius 1 is 1.09 bits per heavy atom. The van der Waals surface area contributed by atoms with Crippen LogP contribution in [-0.4, -0.2) is 16.1 Å². The molecule has 8 heteroatoms. The molecule has 0 spiro atoms. The van der Waals surface area contributed by atoms with Gasteiger partial charge in [0, 0.05) is 15.7 Å². The van der Waals surface area contributed by atoms with Crippen LogP contribution in [0.5, 0.6) is 5.75 Å². The zero-order valence-electron chi connectivity index (χ0n) is 10.9. The molecule has 114 valence electrons. The van der Waals surface area contributed by atoms with Gasteiger partial charge in [0.05, 0.1) is 8.95 Å². The van der Waals surface area contributed by atoms with Crippen LogP contribution < -0.4 is 10.6 Å². The van der Waals surface area contributed by atoms with Crippen LogP contribution in [0, 0.1) is 0 Å². The molecule has 3 N–H and O–H groups in total. The molecule has 0 radical (unpaired) electrons. The summed E-state index contributed by atoms with van der Waals surface area (Å²) in [5, 5.41) is 15.3. The van der Waals surface area contributed by atoms with E-state index in [1.807, 2.05) is 6.07 Å². The van der Waals surface area contributed by atoms with Gasteiger partial charge in [0.15, 0.2) is 5.11 Å². The summed E-state index contributed by atoms with van der Waals surface area (Å²) in [4.78, 5) is 12.1. The number of rotatable bonds is 2. The van der Waals surface area contributed by atoms with Crippen LogP contribution in [0.3, 0.4) is 0 Å². The molecule has 22 heavy (non-hydrogen) atoms. The Labute approximate surface area is 157 Å². The smallest absolute Gasteiger partial charge is 0.257 e. The summed E-state index contributed by atoms with van der Waals surface area (Å²) >= 11 is 14.9. The molecule has 0 aliphatic carbocycles. The highest BCUT2D eigenvalue weighted by Crippen LogP contribution is 2.35. The number of halogens is 3. The lowest BCUT2D eigenvalue weighted by Gasteiger charge is -2.11. The lowest BCUT2D eigenvalue weighted by molar-refractivity contribution is 0.0977. The molecule has 0 saturated carbocycles. The van der Waals surface area contributed by atoms with Gasteiger partial charge in [0.1, 0.15) is 5.75 Å². The van der Waals surface area contributed by atoms with Crippen molar-refractivity contribution >= 4 is 76.7 Å². The van der Waals surface area contributed by atoms with E-state index < -0.39 is 0 Å². The maximum atomic E-state index is 12.1. The average molecular weight is 509 g/mol. The Balaban J connectivity index is 2.06. The van der Waals surface area contributed by atoms with E-state index in [-0.39, 0.29) is 16.8 Å². The van der Waals surface area contributed by atoms with E-state index in [1.54, 1.807) is 30.3 Å². The van der Waals surface area contributed by atoms with E-state index in [2.05, 4.69) is 58.4 Å². The summed E-state index contributed by atoms with van der Waals surface area (Å²) < 4.78 is 1.82. The number of aromatic hydroxyl groups is 1. The predicted octanol–water partition coefficient (Wildman–Crippen LogP) is 4.81. The number of anilines is 1. The number of carbonyl (C=O) groups is 1. The number of nitrogens with one attached hydrogen (secondary N) is 2. The van der Waals surface area contributed by atoms with Gasteiger partial charge in [0.25, 0.3) is 5.91 Å². The molecule has 0 heterocycles. The van der Waals surface area contributed by atoms with Crippen LogP contribution in [0.2, 0.25) is 0 Å². The highest BCUT2D eigenvalue weighted by molar-refractivity contribution is 9.11. The van der Waals surface area contributed by atoms with E-state index >= 15 is 0 Å². The lowest BCUT2D eigenvalue weighted by Crippen LogP contribution is -2.34. The number of phenols is 1. The van der Waals surface area contributed by atoms with E-state index in [9.17, 15) is 9.90 Å². The van der Waals surface area contributed by atoms with E-state index in [0.29, 0.717) is 20.2 Å². The third kappa shape index (κ3) is 4.52. The fourth-order valence-corrected chi connectivity index (χ4v) is 3.40. The van der Waals surface area contributed by atoms with Crippen molar-refractivity contribution in [3.63, 3.8) is 0 Å². The van der Waals surface area contributed by atoms with E-state index in [0.717, 1.165) is 4.47 Å². The first-order chi connectivity index (χ1) is 10.4. The normalized spacial score (nSPS) is 10.1. The summed E-state index contributed by atoms with van der Waals surface area (Å²) in [5.41, 5.74) is 1.11. The molecular formula is C14H9Br3N2O2S. The summed E-state index contributed by atoms with van der Waals surface area (Å²) in [5.74, 6) is -0.217. The van der Waals surface area contributed by atoms with E-state index in [4.69, 9.17) is 12.2 Å². The van der Waals surface area contributed by atoms with Crippen molar-refractivity contribution in [2.45, 2.75) is 0 Å². The second-order valence-electron chi connectivity index (χ2n) is 4.21. The van der Waals surface area contributed by atoms with Crippen LogP contribution in [0.15, 0.2) is 49.8 Å². The summed E-state index contributed by atoms with van der Waals surface area (Å²) in [6.45, 7) is 0. The Morgan fingerprint density at radius 3 is 2.32 bits per heavy atom. The minimum absolute atomic E-state index is 0.0923. The SMILES string of the molecule is O=C(NC(=S)Nc1cc(Br)c(O)c(Br)c1)c1cccc(Br)c1. The Bertz CT molecular complexity index is 730. The molecule has 0 fully saturated rings. The molecular weight excluding hydrogens is 500 g/mol. The van der Waals surface area contributed by atoms with E-state index in [1.165, 1.54) is 0 Å². The monoisotopic (exact) mass is 506 g/mol.